The van der Waals surface area contributed by atoms with Gasteiger partial charge in [0.15, 0.2) is 0 Å². The number of nitrogens with zero attached hydrogens (tertiary/aromatic N) is 6. The molecule has 0 atom stereocenters. The van der Waals surface area contributed by atoms with Crippen LogP contribution in [0.15, 0.2) is 37.2 Å². The number of hydrogen-bond donors (Lipinski definition) is 0. The van der Waals surface area contributed by atoms with E-state index in [1.165, 1.54) is 0 Å². The summed E-state index contributed by atoms with van der Waals surface area (Å²) in [7, 11) is 0. The SMILES string of the molecule is C.CC1C(C)C(C)C(C)C1C.CC1C(C)C(C)C(C)C1C.CC1C(C)C(C)C(C)C1C.CCN1C=CN(c2[c-]c(N3C=CN(CC)[CH-]3)[c-]c(N3C=CN(CC)[CH-]3)[c-]2)[CH-]1.[Br][Ru+3].[Br][Ru+3].[Br][Ru+3].[CH3-].[CH3-].[CH3-]. The molecule has 0 aromatic heterocycles. The first-order chi connectivity index (χ1) is 29.9. The summed E-state index contributed by atoms with van der Waals surface area (Å²) in [5.41, 5.74) is 2.58. The summed E-state index contributed by atoms with van der Waals surface area (Å²) in [6.07, 6.45) is 12.3. The average molecular weight is 1390 g/mol. The summed E-state index contributed by atoms with van der Waals surface area (Å²) in [6, 6.07) is 10.4. The molecular formula is C55H97Br3N6Ru3. The van der Waals surface area contributed by atoms with Gasteiger partial charge in [-0.3, -0.25) is 0 Å². The van der Waals surface area contributed by atoms with Crippen LogP contribution in [0.3, 0.4) is 0 Å². The molecule has 3 saturated carbocycles. The van der Waals surface area contributed by atoms with Gasteiger partial charge < -0.3 is 86.9 Å². The molecule has 12 heteroatoms. The smallest absolute Gasteiger partial charge is 0.358 e. The Kier molecular flexibility index (Phi) is 41.2. The van der Waals surface area contributed by atoms with Gasteiger partial charge >= 0.3 is 89.9 Å². The van der Waals surface area contributed by atoms with E-state index in [4.69, 9.17) is 0 Å². The molecule has 3 aliphatic carbocycles. The summed E-state index contributed by atoms with van der Waals surface area (Å²) < 4.78 is 0. The maximum atomic E-state index is 3.45. The predicted molar refractivity (Wildman–Crippen MR) is 298 cm³/mol. The fourth-order valence-corrected chi connectivity index (χ4v) is 10.1. The number of benzene rings is 1. The molecule has 0 N–H and O–H groups in total. The summed E-state index contributed by atoms with van der Waals surface area (Å²) in [4.78, 5) is 12.5. The van der Waals surface area contributed by atoms with Crippen LogP contribution in [-0.4, -0.2) is 34.3 Å². The first-order valence-corrected chi connectivity index (χ1v) is 35.3. The Morgan fingerprint density at radius 2 is 0.478 bits per heavy atom. The summed E-state index contributed by atoms with van der Waals surface area (Å²) >= 11 is 15.1. The van der Waals surface area contributed by atoms with Crippen LogP contribution < -0.4 is 14.7 Å². The van der Waals surface area contributed by atoms with Gasteiger partial charge in [0, 0.05) is 0 Å². The van der Waals surface area contributed by atoms with Crippen molar-refractivity contribution in [1.82, 2.24) is 14.7 Å². The molecule has 6 nitrogen and oxygen atoms in total. The topological polar surface area (TPSA) is 19.4 Å². The van der Waals surface area contributed by atoms with Gasteiger partial charge in [0.05, 0.1) is 0 Å². The van der Waals surface area contributed by atoms with E-state index in [0.29, 0.717) is 0 Å². The van der Waals surface area contributed by atoms with Gasteiger partial charge in [0.25, 0.3) is 0 Å². The van der Waals surface area contributed by atoms with E-state index in [0.717, 1.165) is 125 Å². The van der Waals surface area contributed by atoms with E-state index in [9.17, 15) is 0 Å². The maximum Gasteiger partial charge on any atom is -0.358 e. The van der Waals surface area contributed by atoms with Crippen molar-refractivity contribution in [3.8, 4) is 0 Å². The molecule has 392 valence electrons. The molecule has 0 saturated heterocycles. The Balaban J connectivity index is -0.000000417. The Labute approximate surface area is 470 Å². The second kappa shape index (κ2) is 37.3. The van der Waals surface area contributed by atoms with Crippen molar-refractivity contribution in [3.05, 3.63) is 97.7 Å². The second-order valence-corrected chi connectivity index (χ2v) is 19.3. The van der Waals surface area contributed by atoms with Gasteiger partial charge in [0.1, 0.15) is 0 Å². The molecule has 0 amide bonds. The van der Waals surface area contributed by atoms with Crippen molar-refractivity contribution in [2.24, 2.45) is 88.8 Å². The number of anilines is 3. The van der Waals surface area contributed by atoms with E-state index in [1.807, 2.05) is 33.3 Å². The van der Waals surface area contributed by atoms with Gasteiger partial charge in [-0.2, -0.15) is 20.0 Å². The molecule has 0 bridgehead atoms. The monoisotopic (exact) mass is 1380 g/mol. The van der Waals surface area contributed by atoms with E-state index in [2.05, 4.69) is 286 Å². The van der Waals surface area contributed by atoms with E-state index >= 15 is 0 Å². The zero-order chi connectivity index (χ0) is 48.5. The molecule has 0 spiro atoms. The first-order valence-electron chi connectivity index (χ1n) is 23.4. The maximum absolute atomic E-state index is 3.45. The summed E-state index contributed by atoms with van der Waals surface area (Å²) in [5, 5.41) is 0. The minimum absolute atomic E-state index is 0. The van der Waals surface area contributed by atoms with Crippen LogP contribution in [0, 0.1) is 149 Å². The van der Waals surface area contributed by atoms with Crippen LogP contribution in [0.2, 0.25) is 0 Å². The predicted octanol–water partition coefficient (Wildman–Crippen LogP) is 17.3. The van der Waals surface area contributed by atoms with Crippen LogP contribution >= 0.6 is 40.9 Å². The molecule has 67 heavy (non-hydrogen) atoms. The molecule has 0 unspecified atom stereocenters. The van der Waals surface area contributed by atoms with E-state index in [-0.39, 0.29) is 29.7 Å². The van der Waals surface area contributed by atoms with Crippen LogP contribution in [0.5, 0.6) is 0 Å². The van der Waals surface area contributed by atoms with Gasteiger partial charge in [-0.1, -0.05) is 132 Å². The standard InChI is InChI=1S/C21H24N6.3C10H20.CH4.3CH3.3BrH.3Ru/c1-4-22-7-10-25(16-22)19-13-20(26-11-8-23(5-2)17-26)15-21(14-19)27-12-9-24(6-3)18-27;3*1-6-7(2)9(4)10(5)8(6)3;;;;;;;;;;/h7-12,16-18H,4-6H2,1-3H3;3*6-10H,1-5H3;1H4;3*1H3;3*1H;;;/q-6;;;;;3*-1;;;;3*+4/p-3. The van der Waals surface area contributed by atoms with Crippen molar-refractivity contribution in [2.75, 3.05) is 34.3 Å². The van der Waals surface area contributed by atoms with Crippen molar-refractivity contribution < 1.29 is 49.0 Å². The molecular weight excluding hydrogens is 1290 g/mol. The zero-order valence-corrected chi connectivity index (χ0v) is 54.8. The Morgan fingerprint density at radius 1 is 0.343 bits per heavy atom. The number of rotatable bonds is 6. The molecule has 3 fully saturated rings. The molecule has 7 rings (SSSR count). The number of hydrogen-bond acceptors (Lipinski definition) is 6. The minimum atomic E-state index is 0. The number of halogens is 3. The van der Waals surface area contributed by atoms with Crippen LogP contribution in [0.25, 0.3) is 0 Å². The second-order valence-electron chi connectivity index (χ2n) is 19.3. The van der Waals surface area contributed by atoms with E-state index in [1.54, 1.807) is 0 Å². The summed E-state index contributed by atoms with van der Waals surface area (Å²) in [6.45, 7) is 51.3. The van der Waals surface area contributed by atoms with E-state index < -0.39 is 0 Å². The Morgan fingerprint density at radius 3 is 0.582 bits per heavy atom. The van der Waals surface area contributed by atoms with Gasteiger partial charge in [0.2, 0.25) is 0 Å². The fourth-order valence-electron chi connectivity index (χ4n) is 10.1. The van der Waals surface area contributed by atoms with Crippen molar-refractivity contribution in [2.45, 2.75) is 132 Å². The molecule has 6 aliphatic rings. The Bertz CT molecular complexity index is 1190. The first kappa shape index (κ1) is 74.1. The Hall–Kier alpha value is 0.550. The molecule has 3 aliphatic heterocycles. The van der Waals surface area contributed by atoms with Crippen LogP contribution in [0.1, 0.15) is 132 Å². The zero-order valence-electron chi connectivity index (χ0n) is 44.9. The third kappa shape index (κ3) is 20.1. The fraction of sp³-hybridized carbons (Fsp3) is 0.673. The third-order valence-corrected chi connectivity index (χ3v) is 17.1. The molecule has 0 radical (unpaired) electrons. The largest absolute Gasteiger partial charge is 0.358 e. The van der Waals surface area contributed by atoms with Gasteiger partial charge in [-0.15, -0.1) is 0 Å². The van der Waals surface area contributed by atoms with Gasteiger partial charge in [-0.05, 0) is 146 Å². The molecule has 1 aromatic carbocycles. The molecule has 1 aromatic rings. The molecule has 3 heterocycles. The van der Waals surface area contributed by atoms with Crippen LogP contribution in [-0.2, 0) is 49.0 Å². The normalized spacial score (nSPS) is 32.6. The van der Waals surface area contributed by atoms with Gasteiger partial charge in [-0.25, -0.2) is 0 Å². The van der Waals surface area contributed by atoms with Crippen LogP contribution in [0.4, 0.5) is 17.1 Å². The summed E-state index contributed by atoms with van der Waals surface area (Å²) in [5.74, 6) is 14.0. The van der Waals surface area contributed by atoms with Crippen molar-refractivity contribution in [1.29, 1.82) is 0 Å². The minimum Gasteiger partial charge on any atom is -0.358 e. The third-order valence-electron chi connectivity index (χ3n) is 17.1. The quantitative estimate of drug-likeness (QED) is 0.207. The van der Waals surface area contributed by atoms with Crippen molar-refractivity contribution in [3.63, 3.8) is 0 Å². The average Bonchev–Trinajstić information content (AvgIpc) is 4.19. The van der Waals surface area contributed by atoms with Crippen molar-refractivity contribution >= 4 is 57.9 Å².